The summed E-state index contributed by atoms with van der Waals surface area (Å²) in [4.78, 5) is 2.46. The van der Waals surface area contributed by atoms with Gasteiger partial charge in [0.1, 0.15) is 5.75 Å². The normalized spacial score (nSPS) is 27.3. The van der Waals surface area contributed by atoms with Crippen LogP contribution in [0.15, 0.2) is 36.4 Å². The van der Waals surface area contributed by atoms with Crippen LogP contribution >= 0.6 is 0 Å². The lowest BCUT2D eigenvalue weighted by atomic mass is 9.75. The van der Waals surface area contributed by atoms with Gasteiger partial charge in [0.2, 0.25) is 0 Å². The maximum absolute atomic E-state index is 10.0. The Balaban J connectivity index is 1.65. The van der Waals surface area contributed by atoms with E-state index in [4.69, 9.17) is 9.47 Å². The molecule has 0 saturated carbocycles. The second kappa shape index (κ2) is 6.36. The van der Waals surface area contributed by atoms with Gasteiger partial charge in [-0.1, -0.05) is 30.3 Å². The number of aliphatic hydroxyl groups is 1. The maximum atomic E-state index is 10.0. The number of ether oxygens (including phenoxy) is 2. The van der Waals surface area contributed by atoms with E-state index >= 15 is 0 Å². The van der Waals surface area contributed by atoms with Gasteiger partial charge in [0, 0.05) is 43.1 Å². The van der Waals surface area contributed by atoms with Crippen molar-refractivity contribution in [3.8, 4) is 5.75 Å². The van der Waals surface area contributed by atoms with Gasteiger partial charge in [0.15, 0.2) is 0 Å². The van der Waals surface area contributed by atoms with Gasteiger partial charge in [0.25, 0.3) is 0 Å². The molecule has 4 rings (SSSR count). The Bertz CT molecular complexity index is 732. The summed E-state index contributed by atoms with van der Waals surface area (Å²) in [6, 6.07) is 12.6. The van der Waals surface area contributed by atoms with Crippen LogP contribution in [0.3, 0.4) is 0 Å². The smallest absolute Gasteiger partial charge is 0.123 e. The summed E-state index contributed by atoms with van der Waals surface area (Å²) in [5, 5.41) is 12.5. The largest absolute Gasteiger partial charge is 0.496 e. The zero-order chi connectivity index (χ0) is 16.6. The molecule has 2 aromatic rings. The number of benzene rings is 2. The molecular weight excluding hydrogens is 302 g/mol. The first-order valence-corrected chi connectivity index (χ1v) is 8.71. The highest BCUT2D eigenvalue weighted by atomic mass is 16.5. The average Bonchev–Trinajstić information content (AvgIpc) is 3.00. The van der Waals surface area contributed by atoms with Gasteiger partial charge in [0.05, 0.1) is 20.3 Å². The van der Waals surface area contributed by atoms with Gasteiger partial charge in [-0.2, -0.15) is 0 Å². The molecule has 2 aromatic carbocycles. The molecule has 4 nitrogen and oxygen atoms in total. The first-order chi connectivity index (χ1) is 11.8. The van der Waals surface area contributed by atoms with Crippen LogP contribution in [0.25, 0.3) is 10.8 Å². The van der Waals surface area contributed by atoms with Crippen LogP contribution < -0.4 is 4.74 Å². The number of likely N-dealkylation sites (tertiary alicyclic amines) is 1. The summed E-state index contributed by atoms with van der Waals surface area (Å²) in [7, 11) is 1.74. The first-order valence-electron chi connectivity index (χ1n) is 8.71. The molecule has 2 heterocycles. The average molecular weight is 327 g/mol. The third-order valence-electron chi connectivity index (χ3n) is 5.86. The van der Waals surface area contributed by atoms with Crippen LogP contribution in [0.1, 0.15) is 12.0 Å². The Kier molecular flexibility index (Phi) is 4.21. The molecular formula is C20H25NO3. The van der Waals surface area contributed by atoms with Gasteiger partial charge in [-0.15, -0.1) is 0 Å². The zero-order valence-corrected chi connectivity index (χ0v) is 14.2. The van der Waals surface area contributed by atoms with E-state index in [1.54, 1.807) is 7.11 Å². The van der Waals surface area contributed by atoms with E-state index in [-0.39, 0.29) is 12.0 Å². The number of hydrogen-bond acceptors (Lipinski definition) is 4. The van der Waals surface area contributed by atoms with Crippen molar-refractivity contribution >= 4 is 10.8 Å². The number of methoxy groups -OCH3 is 1. The highest BCUT2D eigenvalue weighted by Crippen LogP contribution is 2.43. The summed E-state index contributed by atoms with van der Waals surface area (Å²) in [6.07, 6.45) is 0.956. The molecule has 2 atom stereocenters. The SMILES string of the molecule is COc1ccc2ccccc2c1CN1C[C@@H]2COCC[C@]2(CO)C1. The fourth-order valence-corrected chi connectivity index (χ4v) is 4.43. The lowest BCUT2D eigenvalue weighted by molar-refractivity contribution is -0.0417. The third-order valence-corrected chi connectivity index (χ3v) is 5.86. The fraction of sp³-hybridized carbons (Fsp3) is 0.500. The Morgan fingerprint density at radius 2 is 2.17 bits per heavy atom. The Hall–Kier alpha value is -1.62. The molecule has 0 radical (unpaired) electrons. The van der Waals surface area contributed by atoms with Gasteiger partial charge in [-0.3, -0.25) is 4.90 Å². The lowest BCUT2D eigenvalue weighted by Gasteiger charge is -2.36. The van der Waals surface area contributed by atoms with Gasteiger partial charge < -0.3 is 14.6 Å². The van der Waals surface area contributed by atoms with E-state index in [1.807, 2.05) is 0 Å². The van der Waals surface area contributed by atoms with Crippen molar-refractivity contribution in [3.05, 3.63) is 42.0 Å². The minimum atomic E-state index is 0.00999. The molecule has 2 saturated heterocycles. The van der Waals surface area contributed by atoms with E-state index in [0.717, 1.165) is 45.0 Å². The summed E-state index contributed by atoms with van der Waals surface area (Å²) in [5.74, 6) is 1.37. The summed E-state index contributed by atoms with van der Waals surface area (Å²) in [5.41, 5.74) is 1.25. The molecule has 2 aliphatic rings. The van der Waals surface area contributed by atoms with E-state index in [9.17, 15) is 5.11 Å². The molecule has 0 amide bonds. The van der Waals surface area contributed by atoms with Crippen molar-refractivity contribution in [2.75, 3.05) is 40.0 Å². The molecule has 1 N–H and O–H groups in total. The van der Waals surface area contributed by atoms with Crippen LogP contribution in [-0.4, -0.2) is 50.0 Å². The standard InChI is InChI=1S/C20H25NO3/c1-23-19-7-6-15-4-2-3-5-17(15)18(19)11-21-10-16-12-24-9-8-20(16,13-21)14-22/h2-7,16,22H,8-14H2,1H3/t16-,20-/m1/s1. The fourth-order valence-electron chi connectivity index (χ4n) is 4.43. The monoisotopic (exact) mass is 327 g/mol. The summed E-state index contributed by atoms with van der Waals surface area (Å²) >= 11 is 0. The van der Waals surface area contributed by atoms with E-state index in [1.165, 1.54) is 16.3 Å². The topological polar surface area (TPSA) is 41.9 Å². The molecule has 0 unspecified atom stereocenters. The van der Waals surface area contributed by atoms with E-state index < -0.39 is 0 Å². The zero-order valence-electron chi connectivity index (χ0n) is 14.2. The van der Waals surface area contributed by atoms with Gasteiger partial charge in [-0.05, 0) is 23.3 Å². The third kappa shape index (κ3) is 2.59. The number of fused-ring (bicyclic) bond motifs is 2. The molecule has 4 heteroatoms. The van der Waals surface area contributed by atoms with Crippen molar-refractivity contribution < 1.29 is 14.6 Å². The predicted octanol–water partition coefficient (Wildman–Crippen LogP) is 2.68. The Labute approximate surface area is 143 Å². The Morgan fingerprint density at radius 1 is 1.29 bits per heavy atom. The summed E-state index contributed by atoms with van der Waals surface area (Å²) in [6.45, 7) is 4.55. The molecule has 128 valence electrons. The van der Waals surface area contributed by atoms with Crippen LogP contribution in [-0.2, 0) is 11.3 Å². The van der Waals surface area contributed by atoms with E-state index in [2.05, 4.69) is 41.3 Å². The second-order valence-electron chi connectivity index (χ2n) is 7.18. The highest BCUT2D eigenvalue weighted by molar-refractivity contribution is 5.87. The number of rotatable bonds is 4. The number of hydrogen-bond donors (Lipinski definition) is 1. The molecule has 2 fully saturated rings. The van der Waals surface area contributed by atoms with E-state index in [0.29, 0.717) is 5.92 Å². The predicted molar refractivity (Wildman–Crippen MR) is 94.2 cm³/mol. The van der Waals surface area contributed by atoms with Crippen molar-refractivity contribution in [1.82, 2.24) is 4.90 Å². The molecule has 0 spiro atoms. The number of aliphatic hydroxyl groups excluding tert-OH is 1. The van der Waals surface area contributed by atoms with Crippen LogP contribution in [0, 0.1) is 11.3 Å². The quantitative estimate of drug-likeness (QED) is 0.937. The molecule has 2 aliphatic heterocycles. The van der Waals surface area contributed by atoms with Gasteiger partial charge in [-0.25, -0.2) is 0 Å². The first kappa shape index (κ1) is 15.9. The minimum absolute atomic E-state index is 0.00999. The van der Waals surface area contributed by atoms with Crippen LogP contribution in [0.5, 0.6) is 5.75 Å². The molecule has 0 aliphatic carbocycles. The molecule has 24 heavy (non-hydrogen) atoms. The van der Waals surface area contributed by atoms with Crippen molar-refractivity contribution in [1.29, 1.82) is 0 Å². The van der Waals surface area contributed by atoms with Crippen LogP contribution in [0.2, 0.25) is 0 Å². The number of nitrogens with zero attached hydrogens (tertiary/aromatic N) is 1. The van der Waals surface area contributed by atoms with Crippen LogP contribution in [0.4, 0.5) is 0 Å². The highest BCUT2D eigenvalue weighted by Gasteiger charge is 2.47. The van der Waals surface area contributed by atoms with Crippen molar-refractivity contribution in [2.24, 2.45) is 11.3 Å². The second-order valence-corrected chi connectivity index (χ2v) is 7.18. The summed E-state index contributed by atoms with van der Waals surface area (Å²) < 4.78 is 11.3. The Morgan fingerprint density at radius 3 is 2.96 bits per heavy atom. The lowest BCUT2D eigenvalue weighted by Crippen LogP contribution is -2.41. The minimum Gasteiger partial charge on any atom is -0.496 e. The van der Waals surface area contributed by atoms with Crippen molar-refractivity contribution in [2.45, 2.75) is 13.0 Å². The molecule has 0 aromatic heterocycles. The van der Waals surface area contributed by atoms with Crippen molar-refractivity contribution in [3.63, 3.8) is 0 Å². The maximum Gasteiger partial charge on any atom is 0.123 e. The van der Waals surface area contributed by atoms with Gasteiger partial charge >= 0.3 is 0 Å². The molecule has 0 bridgehead atoms.